The Hall–Kier alpha value is -3.02. The Labute approximate surface area is 228 Å². The summed E-state index contributed by atoms with van der Waals surface area (Å²) in [7, 11) is 1.92. The van der Waals surface area contributed by atoms with Crippen LogP contribution in [0.25, 0.3) is 21.8 Å². The first-order chi connectivity index (χ1) is 18.3. The summed E-state index contributed by atoms with van der Waals surface area (Å²) >= 11 is 3.60. The number of benzene rings is 1. The standard InChI is InChI=1S/C27H32BrN7O3/c1-16-10-23-20(25-21(26(36)30-23)12-29-35(25)18-4-8-38-9-5-18)11-19(16)27(37)34-7-6-33(17(2)13-34)15-24-22(28)14-32(3)31-24/h10-12,14,17-18H,4-9,13,15H2,1-3H3,(H,30,36)/t17-/m0/s1. The van der Waals surface area contributed by atoms with Crippen LogP contribution >= 0.6 is 15.9 Å². The Morgan fingerprint density at radius 2 is 2.00 bits per heavy atom. The summed E-state index contributed by atoms with van der Waals surface area (Å²) in [6, 6.07) is 4.23. The lowest BCUT2D eigenvalue weighted by Crippen LogP contribution is -2.53. The Bertz CT molecular complexity index is 1580. The lowest BCUT2D eigenvalue weighted by atomic mass is 10.0. The van der Waals surface area contributed by atoms with Gasteiger partial charge in [0.1, 0.15) is 0 Å². The van der Waals surface area contributed by atoms with E-state index in [1.807, 2.05) is 46.6 Å². The van der Waals surface area contributed by atoms with Gasteiger partial charge in [0.05, 0.1) is 38.8 Å². The zero-order chi connectivity index (χ0) is 26.6. The Kier molecular flexibility index (Phi) is 6.61. The average molecular weight is 583 g/mol. The quantitative estimate of drug-likeness (QED) is 0.396. The predicted molar refractivity (Wildman–Crippen MR) is 148 cm³/mol. The van der Waals surface area contributed by atoms with Crippen molar-refractivity contribution in [3.05, 3.63) is 56.2 Å². The summed E-state index contributed by atoms with van der Waals surface area (Å²) in [5.74, 6) is 0.0198. The van der Waals surface area contributed by atoms with Crippen LogP contribution in [0.5, 0.6) is 0 Å². The van der Waals surface area contributed by atoms with Crippen molar-refractivity contribution in [3.8, 4) is 0 Å². The molecule has 0 unspecified atom stereocenters. The molecule has 2 fully saturated rings. The molecule has 0 saturated carbocycles. The smallest absolute Gasteiger partial charge is 0.259 e. The van der Waals surface area contributed by atoms with Crippen LogP contribution in [0.15, 0.2) is 33.8 Å². The Morgan fingerprint density at radius 1 is 1.21 bits per heavy atom. The van der Waals surface area contributed by atoms with Gasteiger partial charge in [-0.05, 0) is 60.3 Å². The molecule has 2 aliphatic heterocycles. The molecule has 10 nitrogen and oxygen atoms in total. The predicted octanol–water partition coefficient (Wildman–Crippen LogP) is 3.38. The number of halogens is 1. The van der Waals surface area contributed by atoms with Gasteiger partial charge in [0.15, 0.2) is 0 Å². The number of aromatic nitrogens is 5. The lowest BCUT2D eigenvalue weighted by molar-refractivity contribution is 0.0491. The number of amides is 1. The molecule has 0 bridgehead atoms. The van der Waals surface area contributed by atoms with Crippen LogP contribution in [0, 0.1) is 6.92 Å². The van der Waals surface area contributed by atoms with Crippen molar-refractivity contribution in [2.75, 3.05) is 32.8 Å². The molecule has 1 amide bonds. The molecular formula is C27H32BrN7O3. The van der Waals surface area contributed by atoms with Crippen LogP contribution < -0.4 is 5.56 Å². The highest BCUT2D eigenvalue weighted by molar-refractivity contribution is 9.10. The number of hydrogen-bond acceptors (Lipinski definition) is 6. The number of piperazine rings is 1. The highest BCUT2D eigenvalue weighted by Crippen LogP contribution is 2.30. The molecule has 2 aliphatic rings. The number of hydrogen-bond donors (Lipinski definition) is 1. The normalized spacial score (nSPS) is 19.6. The molecule has 0 aliphatic carbocycles. The fourth-order valence-corrected chi connectivity index (χ4v) is 6.32. The number of aryl methyl sites for hydroxylation is 2. The molecule has 38 heavy (non-hydrogen) atoms. The van der Waals surface area contributed by atoms with Crippen molar-refractivity contribution in [3.63, 3.8) is 0 Å². The third-order valence-corrected chi connectivity index (χ3v) is 8.60. The van der Waals surface area contributed by atoms with Gasteiger partial charge in [-0.1, -0.05) is 0 Å². The van der Waals surface area contributed by atoms with Gasteiger partial charge in [-0.3, -0.25) is 23.9 Å². The van der Waals surface area contributed by atoms with Gasteiger partial charge < -0.3 is 14.6 Å². The molecule has 5 heterocycles. The molecule has 200 valence electrons. The van der Waals surface area contributed by atoms with Gasteiger partial charge in [-0.15, -0.1) is 0 Å². The number of H-pyrrole nitrogens is 1. The largest absolute Gasteiger partial charge is 0.381 e. The Balaban J connectivity index is 1.31. The number of pyridine rings is 1. The molecule has 6 rings (SSSR count). The number of rotatable bonds is 4. The van der Waals surface area contributed by atoms with Gasteiger partial charge in [-0.25, -0.2) is 0 Å². The summed E-state index contributed by atoms with van der Waals surface area (Å²) in [5.41, 5.74) is 3.88. The first kappa shape index (κ1) is 25.3. The minimum atomic E-state index is -0.159. The Morgan fingerprint density at radius 3 is 2.71 bits per heavy atom. The highest BCUT2D eigenvalue weighted by atomic mass is 79.9. The third kappa shape index (κ3) is 4.46. The van der Waals surface area contributed by atoms with Crippen molar-refractivity contribution in [2.45, 2.75) is 45.3 Å². The van der Waals surface area contributed by atoms with E-state index in [-0.39, 0.29) is 23.6 Å². The first-order valence-corrected chi connectivity index (χ1v) is 13.9. The molecule has 2 saturated heterocycles. The van der Waals surface area contributed by atoms with Crippen molar-refractivity contribution >= 4 is 43.6 Å². The second kappa shape index (κ2) is 9.94. The minimum absolute atomic E-state index is 0.0198. The highest BCUT2D eigenvalue weighted by Gasteiger charge is 2.29. The topological polar surface area (TPSA) is 101 Å². The van der Waals surface area contributed by atoms with E-state index in [0.717, 1.165) is 58.1 Å². The van der Waals surface area contributed by atoms with Crippen LogP contribution in [-0.2, 0) is 18.3 Å². The number of ether oxygens (including phenoxy) is 1. The van der Waals surface area contributed by atoms with Crippen molar-refractivity contribution < 1.29 is 9.53 Å². The molecule has 0 spiro atoms. The van der Waals surface area contributed by atoms with Gasteiger partial charge in [-0.2, -0.15) is 10.2 Å². The van der Waals surface area contributed by atoms with Crippen molar-refractivity contribution in [2.24, 2.45) is 7.05 Å². The molecule has 11 heteroatoms. The molecule has 1 N–H and O–H groups in total. The summed E-state index contributed by atoms with van der Waals surface area (Å²) in [4.78, 5) is 34.0. The zero-order valence-corrected chi connectivity index (χ0v) is 23.5. The average Bonchev–Trinajstić information content (AvgIpc) is 3.48. The number of aromatic amines is 1. The molecule has 3 aromatic heterocycles. The molecule has 1 atom stereocenters. The number of nitrogens with one attached hydrogen (secondary N) is 1. The van der Waals surface area contributed by atoms with Crippen LogP contribution in [0.4, 0.5) is 0 Å². The van der Waals surface area contributed by atoms with E-state index in [1.165, 1.54) is 0 Å². The van der Waals surface area contributed by atoms with E-state index in [9.17, 15) is 9.59 Å². The number of carbonyl (C=O) groups is 1. The lowest BCUT2D eigenvalue weighted by Gasteiger charge is -2.39. The van der Waals surface area contributed by atoms with Gasteiger partial charge in [0.2, 0.25) is 0 Å². The summed E-state index contributed by atoms with van der Waals surface area (Å²) in [5, 5.41) is 10.6. The van der Waals surface area contributed by atoms with E-state index >= 15 is 0 Å². The van der Waals surface area contributed by atoms with Crippen LogP contribution in [0.1, 0.15) is 47.4 Å². The monoisotopic (exact) mass is 581 g/mol. The second-order valence-corrected chi connectivity index (χ2v) is 11.4. The maximum atomic E-state index is 13.8. The number of nitrogens with zero attached hydrogens (tertiary/aromatic N) is 6. The second-order valence-electron chi connectivity index (χ2n) is 10.5. The third-order valence-electron chi connectivity index (χ3n) is 7.93. The fourth-order valence-electron chi connectivity index (χ4n) is 5.82. The fraction of sp³-hybridized carbons (Fsp3) is 0.481. The van der Waals surface area contributed by atoms with Gasteiger partial charge >= 0.3 is 0 Å². The van der Waals surface area contributed by atoms with Gasteiger partial charge in [0.25, 0.3) is 11.5 Å². The molecule has 1 aromatic carbocycles. The first-order valence-electron chi connectivity index (χ1n) is 13.1. The van der Waals surface area contributed by atoms with Crippen LogP contribution in [0.3, 0.4) is 0 Å². The van der Waals surface area contributed by atoms with E-state index in [0.29, 0.717) is 37.3 Å². The van der Waals surface area contributed by atoms with Crippen LogP contribution in [0.2, 0.25) is 0 Å². The SMILES string of the molecule is Cc1cc2[nH]c(=O)c3cnn(C4CCOCC4)c3c2cc1C(=O)N1CCN(Cc2nn(C)cc2Br)[C@@H](C)C1. The van der Waals surface area contributed by atoms with E-state index in [4.69, 9.17) is 4.74 Å². The molecule has 0 radical (unpaired) electrons. The maximum absolute atomic E-state index is 13.8. The number of carbonyl (C=O) groups excluding carboxylic acids is 1. The minimum Gasteiger partial charge on any atom is -0.381 e. The summed E-state index contributed by atoms with van der Waals surface area (Å²) in [6.07, 6.45) is 5.30. The van der Waals surface area contributed by atoms with E-state index in [2.05, 4.69) is 42.9 Å². The van der Waals surface area contributed by atoms with Crippen molar-refractivity contribution in [1.82, 2.24) is 34.3 Å². The maximum Gasteiger partial charge on any atom is 0.259 e. The van der Waals surface area contributed by atoms with Gasteiger partial charge in [0, 0.05) is 69.6 Å². The van der Waals surface area contributed by atoms with Crippen LogP contribution in [-0.4, -0.2) is 79.1 Å². The molecular weight excluding hydrogens is 550 g/mol. The molecule has 4 aromatic rings. The summed E-state index contributed by atoms with van der Waals surface area (Å²) in [6.45, 7) is 8.24. The number of fused-ring (bicyclic) bond motifs is 3. The van der Waals surface area contributed by atoms with Crippen molar-refractivity contribution in [1.29, 1.82) is 0 Å². The zero-order valence-electron chi connectivity index (χ0n) is 21.9. The summed E-state index contributed by atoms with van der Waals surface area (Å²) < 4.78 is 10.3. The van der Waals surface area contributed by atoms with E-state index < -0.39 is 0 Å². The van der Waals surface area contributed by atoms with E-state index in [1.54, 1.807) is 6.20 Å².